The minimum atomic E-state index is 0.749. The van der Waals surface area contributed by atoms with Gasteiger partial charge in [-0.15, -0.1) is 15.3 Å². The Labute approximate surface area is 175 Å². The maximum Gasteiger partial charge on any atom is 0.186 e. The zero-order valence-corrected chi connectivity index (χ0v) is 17.1. The first-order valence-corrected chi connectivity index (χ1v) is 10.6. The molecule has 1 fully saturated rings. The average Bonchev–Trinajstić information content (AvgIpc) is 3.53. The minimum absolute atomic E-state index is 0.749. The van der Waals surface area contributed by atoms with Crippen LogP contribution in [0.1, 0.15) is 0 Å². The zero-order chi connectivity index (χ0) is 20.1. The molecular weight excluding hydrogens is 400 g/mol. The number of hydrogen-bond acceptors (Lipinski definition) is 9. The first kappa shape index (κ1) is 17.3. The van der Waals surface area contributed by atoms with Gasteiger partial charge in [-0.05, 0) is 23.6 Å². The molecule has 0 bridgehead atoms. The first-order chi connectivity index (χ1) is 14.8. The number of aromatic nitrogens is 8. The van der Waals surface area contributed by atoms with Crippen molar-refractivity contribution in [2.75, 3.05) is 36.0 Å². The van der Waals surface area contributed by atoms with E-state index in [1.807, 2.05) is 41.3 Å². The maximum absolute atomic E-state index is 4.83. The molecule has 1 saturated heterocycles. The van der Waals surface area contributed by atoms with E-state index in [-0.39, 0.29) is 0 Å². The predicted molar refractivity (Wildman–Crippen MR) is 115 cm³/mol. The van der Waals surface area contributed by atoms with Crippen molar-refractivity contribution >= 4 is 39.7 Å². The van der Waals surface area contributed by atoms with Crippen LogP contribution in [0.4, 0.5) is 11.6 Å². The van der Waals surface area contributed by atoms with E-state index in [1.54, 1.807) is 22.3 Å². The van der Waals surface area contributed by atoms with E-state index in [1.165, 1.54) is 0 Å². The smallest absolute Gasteiger partial charge is 0.186 e. The Morgan fingerprint density at radius 2 is 1.83 bits per heavy atom. The van der Waals surface area contributed by atoms with Crippen LogP contribution < -0.4 is 9.80 Å². The van der Waals surface area contributed by atoms with Crippen molar-refractivity contribution in [3.63, 3.8) is 0 Å². The summed E-state index contributed by atoms with van der Waals surface area (Å²) in [7, 11) is 1.90. The Bertz CT molecular complexity index is 1330. The fourth-order valence-electron chi connectivity index (χ4n) is 3.87. The van der Waals surface area contributed by atoms with E-state index in [0.29, 0.717) is 0 Å². The molecule has 0 aromatic carbocycles. The molecule has 0 saturated carbocycles. The average molecular weight is 418 g/mol. The topological polar surface area (TPSA) is 93.2 Å². The Hall–Kier alpha value is -3.60. The lowest BCUT2D eigenvalue weighted by atomic mass is 10.2. The lowest BCUT2D eigenvalue weighted by Gasteiger charge is -2.36. The van der Waals surface area contributed by atoms with E-state index in [4.69, 9.17) is 5.10 Å². The third-order valence-corrected chi connectivity index (χ3v) is 6.12. The molecule has 6 heterocycles. The third kappa shape index (κ3) is 2.70. The molecule has 1 aliphatic rings. The lowest BCUT2D eigenvalue weighted by molar-refractivity contribution is 0.637. The Morgan fingerprint density at radius 1 is 0.967 bits per heavy atom. The SMILES string of the molecule is Cn1ncc2c(N3CCN(c4ccc5nnc(-c6ccsc6)n5n4)CC3)ncnc21. The summed E-state index contributed by atoms with van der Waals surface area (Å²) in [5, 5.41) is 22.8. The molecule has 0 N–H and O–H groups in total. The monoisotopic (exact) mass is 418 g/mol. The van der Waals surface area contributed by atoms with E-state index >= 15 is 0 Å². The van der Waals surface area contributed by atoms with Gasteiger partial charge >= 0.3 is 0 Å². The number of hydrogen-bond donors (Lipinski definition) is 0. The van der Waals surface area contributed by atoms with Crippen LogP contribution in [-0.4, -0.2) is 65.7 Å². The van der Waals surface area contributed by atoms with Gasteiger partial charge in [0.1, 0.15) is 18.0 Å². The van der Waals surface area contributed by atoms with Crippen molar-refractivity contribution in [1.29, 1.82) is 0 Å². The van der Waals surface area contributed by atoms with Crippen molar-refractivity contribution in [1.82, 2.24) is 39.6 Å². The van der Waals surface area contributed by atoms with E-state index in [0.717, 1.165) is 65.9 Å². The molecular formula is C19H18N10S. The molecule has 1 aliphatic heterocycles. The summed E-state index contributed by atoms with van der Waals surface area (Å²) in [6.45, 7) is 3.39. The van der Waals surface area contributed by atoms with Gasteiger partial charge in [-0.1, -0.05) is 0 Å². The number of thiophene rings is 1. The number of aryl methyl sites for hydroxylation is 1. The summed E-state index contributed by atoms with van der Waals surface area (Å²) in [6.07, 6.45) is 3.45. The van der Waals surface area contributed by atoms with Crippen LogP contribution in [-0.2, 0) is 7.05 Å². The van der Waals surface area contributed by atoms with Gasteiger partial charge in [0, 0.05) is 44.2 Å². The summed E-state index contributed by atoms with van der Waals surface area (Å²) >= 11 is 1.64. The normalized spacial score (nSPS) is 14.8. The molecule has 5 aromatic rings. The molecule has 30 heavy (non-hydrogen) atoms. The van der Waals surface area contributed by atoms with Gasteiger partial charge in [-0.25, -0.2) is 9.97 Å². The minimum Gasteiger partial charge on any atom is -0.352 e. The second kappa shape index (κ2) is 6.73. The van der Waals surface area contributed by atoms with Crippen LogP contribution in [0.25, 0.3) is 28.1 Å². The summed E-state index contributed by atoms with van der Waals surface area (Å²) in [5.74, 6) is 2.63. The molecule has 6 rings (SSSR count). The van der Waals surface area contributed by atoms with Crippen molar-refractivity contribution < 1.29 is 0 Å². The maximum atomic E-state index is 4.83. The van der Waals surface area contributed by atoms with Gasteiger partial charge < -0.3 is 9.80 Å². The van der Waals surface area contributed by atoms with E-state index in [2.05, 4.69) is 40.4 Å². The Kier molecular flexibility index (Phi) is 3.88. The molecule has 0 unspecified atom stereocenters. The van der Waals surface area contributed by atoms with Crippen LogP contribution in [0.15, 0.2) is 41.5 Å². The van der Waals surface area contributed by atoms with Gasteiger partial charge in [-0.2, -0.15) is 21.0 Å². The number of piperazine rings is 1. The Balaban J connectivity index is 1.26. The number of nitrogens with zero attached hydrogens (tertiary/aromatic N) is 10. The lowest BCUT2D eigenvalue weighted by Crippen LogP contribution is -2.47. The molecule has 5 aromatic heterocycles. The van der Waals surface area contributed by atoms with Gasteiger partial charge in [0.25, 0.3) is 0 Å². The quantitative estimate of drug-likeness (QED) is 0.438. The van der Waals surface area contributed by atoms with E-state index in [9.17, 15) is 0 Å². The first-order valence-electron chi connectivity index (χ1n) is 9.65. The van der Waals surface area contributed by atoms with Crippen molar-refractivity contribution in [3.8, 4) is 11.4 Å². The summed E-state index contributed by atoms with van der Waals surface area (Å²) in [5.41, 5.74) is 2.63. The largest absolute Gasteiger partial charge is 0.352 e. The van der Waals surface area contributed by atoms with Gasteiger partial charge in [-0.3, -0.25) is 4.68 Å². The van der Waals surface area contributed by atoms with E-state index < -0.39 is 0 Å². The zero-order valence-electron chi connectivity index (χ0n) is 16.3. The fraction of sp³-hybridized carbons (Fsp3) is 0.263. The highest BCUT2D eigenvalue weighted by molar-refractivity contribution is 7.08. The van der Waals surface area contributed by atoms with Crippen LogP contribution in [0, 0.1) is 0 Å². The Morgan fingerprint density at radius 3 is 2.67 bits per heavy atom. The van der Waals surface area contributed by atoms with Crippen LogP contribution >= 0.6 is 11.3 Å². The number of fused-ring (bicyclic) bond motifs is 2. The van der Waals surface area contributed by atoms with Crippen LogP contribution in [0.3, 0.4) is 0 Å². The molecule has 0 amide bonds. The molecule has 0 aliphatic carbocycles. The van der Waals surface area contributed by atoms with Crippen molar-refractivity contribution in [2.45, 2.75) is 0 Å². The number of rotatable bonds is 3. The molecule has 10 nitrogen and oxygen atoms in total. The predicted octanol–water partition coefficient (Wildman–Crippen LogP) is 1.86. The summed E-state index contributed by atoms with van der Waals surface area (Å²) in [6, 6.07) is 6.03. The second-order valence-corrected chi connectivity index (χ2v) is 7.95. The highest BCUT2D eigenvalue weighted by atomic mass is 32.1. The highest BCUT2D eigenvalue weighted by Gasteiger charge is 2.22. The summed E-state index contributed by atoms with van der Waals surface area (Å²) < 4.78 is 3.60. The molecule has 0 atom stereocenters. The summed E-state index contributed by atoms with van der Waals surface area (Å²) in [4.78, 5) is 13.4. The van der Waals surface area contributed by atoms with Gasteiger partial charge in [0.2, 0.25) is 0 Å². The van der Waals surface area contributed by atoms with Gasteiger partial charge in [0.05, 0.1) is 11.6 Å². The highest BCUT2D eigenvalue weighted by Crippen LogP contribution is 2.25. The number of anilines is 2. The fourth-order valence-corrected chi connectivity index (χ4v) is 4.50. The van der Waals surface area contributed by atoms with Crippen molar-refractivity contribution in [2.24, 2.45) is 7.05 Å². The molecule has 0 radical (unpaired) electrons. The van der Waals surface area contributed by atoms with Crippen LogP contribution in [0.2, 0.25) is 0 Å². The van der Waals surface area contributed by atoms with Crippen molar-refractivity contribution in [3.05, 3.63) is 41.5 Å². The third-order valence-electron chi connectivity index (χ3n) is 5.44. The second-order valence-electron chi connectivity index (χ2n) is 7.17. The van der Waals surface area contributed by atoms with Crippen LogP contribution in [0.5, 0.6) is 0 Å². The van der Waals surface area contributed by atoms with Gasteiger partial charge in [0.15, 0.2) is 17.1 Å². The molecule has 11 heteroatoms. The standard InChI is InChI=1S/C19H18N10S/c1-26-18-14(10-22-26)19(21-12-20-18)28-7-5-27(6-8-28)16-3-2-15-23-24-17(29(15)25-16)13-4-9-30-11-13/h2-4,9-12H,5-8H2,1H3. The molecule has 0 spiro atoms. The molecule has 150 valence electrons.